The van der Waals surface area contributed by atoms with E-state index in [4.69, 9.17) is 9.47 Å². The van der Waals surface area contributed by atoms with Crippen molar-refractivity contribution in [2.75, 3.05) is 19.8 Å². The van der Waals surface area contributed by atoms with Crippen molar-refractivity contribution < 1.29 is 9.47 Å². The molecule has 0 radical (unpaired) electrons. The van der Waals surface area contributed by atoms with Crippen molar-refractivity contribution in [2.24, 2.45) is 0 Å². The van der Waals surface area contributed by atoms with Crippen molar-refractivity contribution in [1.82, 2.24) is 5.32 Å². The van der Waals surface area contributed by atoms with Crippen LogP contribution in [0.1, 0.15) is 36.5 Å². The quantitative estimate of drug-likeness (QED) is 0.831. The molecule has 1 aromatic carbocycles. The van der Waals surface area contributed by atoms with Crippen LogP contribution in [0.2, 0.25) is 0 Å². The van der Waals surface area contributed by atoms with Gasteiger partial charge in [-0.15, -0.1) is 0 Å². The molecule has 0 aliphatic carbocycles. The van der Waals surface area contributed by atoms with Crippen molar-refractivity contribution in [3.8, 4) is 0 Å². The van der Waals surface area contributed by atoms with Gasteiger partial charge in [-0.1, -0.05) is 25.1 Å². The van der Waals surface area contributed by atoms with Crippen LogP contribution in [-0.4, -0.2) is 32.1 Å². The third-order valence-corrected chi connectivity index (χ3v) is 3.90. The van der Waals surface area contributed by atoms with Gasteiger partial charge < -0.3 is 14.8 Å². The minimum Gasteiger partial charge on any atom is -0.350 e. The maximum absolute atomic E-state index is 5.58. The van der Waals surface area contributed by atoms with E-state index in [1.807, 2.05) is 0 Å². The molecule has 112 valence electrons. The average molecular weight is 277 g/mol. The third-order valence-electron chi connectivity index (χ3n) is 3.90. The van der Waals surface area contributed by atoms with Crippen molar-refractivity contribution in [3.63, 3.8) is 0 Å². The summed E-state index contributed by atoms with van der Waals surface area (Å²) in [4.78, 5) is 0. The summed E-state index contributed by atoms with van der Waals surface area (Å²) in [5, 5.41) is 3.62. The Kier molecular flexibility index (Phi) is 6.02. The second-order valence-corrected chi connectivity index (χ2v) is 5.68. The number of benzene rings is 1. The highest BCUT2D eigenvalue weighted by Crippen LogP contribution is 2.16. The summed E-state index contributed by atoms with van der Waals surface area (Å²) in [5.74, 6) is 0. The van der Waals surface area contributed by atoms with E-state index >= 15 is 0 Å². The highest BCUT2D eigenvalue weighted by atomic mass is 16.7. The Balaban J connectivity index is 1.95. The summed E-state index contributed by atoms with van der Waals surface area (Å²) in [7, 11) is 0. The lowest BCUT2D eigenvalue weighted by molar-refractivity contribution is -0.0526. The van der Waals surface area contributed by atoms with Crippen LogP contribution in [0.3, 0.4) is 0 Å². The molecule has 1 atom stereocenters. The van der Waals surface area contributed by atoms with E-state index in [1.54, 1.807) is 0 Å². The first-order valence-electron chi connectivity index (χ1n) is 7.71. The number of nitrogens with one attached hydrogen (secondary N) is 1. The van der Waals surface area contributed by atoms with E-state index in [1.165, 1.54) is 16.7 Å². The van der Waals surface area contributed by atoms with Gasteiger partial charge in [0.15, 0.2) is 6.29 Å². The Morgan fingerprint density at radius 1 is 1.20 bits per heavy atom. The molecule has 1 saturated heterocycles. The number of ether oxygens (including phenoxy) is 2. The van der Waals surface area contributed by atoms with Crippen molar-refractivity contribution in [2.45, 2.75) is 52.4 Å². The molecule has 1 fully saturated rings. The first-order valence-corrected chi connectivity index (χ1v) is 7.71. The van der Waals surface area contributed by atoms with Gasteiger partial charge in [-0.2, -0.15) is 0 Å². The molecule has 0 spiro atoms. The molecule has 3 nitrogen and oxygen atoms in total. The van der Waals surface area contributed by atoms with Gasteiger partial charge in [-0.3, -0.25) is 0 Å². The zero-order valence-corrected chi connectivity index (χ0v) is 12.9. The van der Waals surface area contributed by atoms with E-state index in [-0.39, 0.29) is 6.29 Å². The standard InChI is InChI=1S/C17H27NO2/c1-4-7-18-16(12-17-19-8-9-20-17)11-15-6-5-13(2)14(3)10-15/h5-6,10,16-18H,4,7-9,11-12H2,1-3H3. The minimum absolute atomic E-state index is 0.0316. The molecule has 0 aromatic heterocycles. The van der Waals surface area contributed by atoms with Gasteiger partial charge in [-0.25, -0.2) is 0 Å². The predicted octanol–water partition coefficient (Wildman–Crippen LogP) is 2.98. The molecule has 1 aliphatic heterocycles. The summed E-state index contributed by atoms with van der Waals surface area (Å²) in [6.45, 7) is 9.04. The first-order chi connectivity index (χ1) is 9.69. The maximum atomic E-state index is 5.58. The van der Waals surface area contributed by atoms with E-state index in [2.05, 4.69) is 44.3 Å². The molecule has 1 heterocycles. The third kappa shape index (κ3) is 4.58. The van der Waals surface area contributed by atoms with Crippen LogP contribution in [0, 0.1) is 13.8 Å². The van der Waals surface area contributed by atoms with Crippen LogP contribution in [0.4, 0.5) is 0 Å². The SMILES string of the molecule is CCCNC(Cc1ccc(C)c(C)c1)CC1OCCO1. The van der Waals surface area contributed by atoms with E-state index in [9.17, 15) is 0 Å². The van der Waals surface area contributed by atoms with Crippen LogP contribution in [0.5, 0.6) is 0 Å². The fraction of sp³-hybridized carbons (Fsp3) is 0.647. The molecule has 2 rings (SSSR count). The normalized spacial score (nSPS) is 17.6. The van der Waals surface area contributed by atoms with Gasteiger partial charge in [0, 0.05) is 12.5 Å². The number of aryl methyl sites for hydroxylation is 2. The van der Waals surface area contributed by atoms with Gasteiger partial charge in [-0.05, 0) is 49.9 Å². The number of hydrogen-bond donors (Lipinski definition) is 1. The van der Waals surface area contributed by atoms with E-state index in [0.29, 0.717) is 6.04 Å². The van der Waals surface area contributed by atoms with Crippen molar-refractivity contribution >= 4 is 0 Å². The Bertz CT molecular complexity index is 413. The second-order valence-electron chi connectivity index (χ2n) is 5.68. The Morgan fingerprint density at radius 3 is 2.60 bits per heavy atom. The molecule has 1 unspecified atom stereocenters. The Hall–Kier alpha value is -0.900. The molecular weight excluding hydrogens is 250 g/mol. The molecule has 0 saturated carbocycles. The smallest absolute Gasteiger partial charge is 0.159 e. The minimum atomic E-state index is -0.0316. The summed E-state index contributed by atoms with van der Waals surface area (Å²) in [5.41, 5.74) is 4.11. The summed E-state index contributed by atoms with van der Waals surface area (Å²) < 4.78 is 11.2. The zero-order valence-electron chi connectivity index (χ0n) is 12.9. The fourth-order valence-electron chi connectivity index (χ4n) is 2.58. The fourth-order valence-corrected chi connectivity index (χ4v) is 2.58. The Labute approximate surface area is 122 Å². The van der Waals surface area contributed by atoms with Crippen molar-refractivity contribution in [1.29, 1.82) is 0 Å². The van der Waals surface area contributed by atoms with Gasteiger partial charge >= 0.3 is 0 Å². The molecule has 1 aliphatic rings. The van der Waals surface area contributed by atoms with E-state index in [0.717, 1.165) is 39.0 Å². The second kappa shape index (κ2) is 7.77. The van der Waals surface area contributed by atoms with Crippen LogP contribution in [0.25, 0.3) is 0 Å². The largest absolute Gasteiger partial charge is 0.350 e. The summed E-state index contributed by atoms with van der Waals surface area (Å²) >= 11 is 0. The lowest BCUT2D eigenvalue weighted by atomic mass is 9.99. The predicted molar refractivity (Wildman–Crippen MR) is 82.0 cm³/mol. The lowest BCUT2D eigenvalue weighted by Gasteiger charge is -2.21. The molecule has 20 heavy (non-hydrogen) atoms. The van der Waals surface area contributed by atoms with Crippen LogP contribution < -0.4 is 5.32 Å². The first kappa shape index (κ1) is 15.5. The zero-order chi connectivity index (χ0) is 14.4. The maximum Gasteiger partial charge on any atom is 0.159 e. The van der Waals surface area contributed by atoms with Gasteiger partial charge in [0.2, 0.25) is 0 Å². The highest BCUT2D eigenvalue weighted by Gasteiger charge is 2.21. The summed E-state index contributed by atoms with van der Waals surface area (Å²) in [6, 6.07) is 7.16. The van der Waals surface area contributed by atoms with Crippen LogP contribution >= 0.6 is 0 Å². The van der Waals surface area contributed by atoms with Crippen molar-refractivity contribution in [3.05, 3.63) is 34.9 Å². The van der Waals surface area contributed by atoms with Crippen LogP contribution in [-0.2, 0) is 15.9 Å². The molecule has 0 bridgehead atoms. The number of rotatable bonds is 7. The van der Waals surface area contributed by atoms with Crippen LogP contribution in [0.15, 0.2) is 18.2 Å². The van der Waals surface area contributed by atoms with Gasteiger partial charge in [0.05, 0.1) is 13.2 Å². The monoisotopic (exact) mass is 277 g/mol. The molecule has 0 amide bonds. The summed E-state index contributed by atoms with van der Waals surface area (Å²) in [6.07, 6.45) is 3.07. The average Bonchev–Trinajstić information content (AvgIpc) is 2.93. The Morgan fingerprint density at radius 2 is 1.95 bits per heavy atom. The molecular formula is C17H27NO2. The molecule has 3 heteroatoms. The number of hydrogen-bond acceptors (Lipinski definition) is 3. The molecule has 1 aromatic rings. The molecule has 1 N–H and O–H groups in total. The van der Waals surface area contributed by atoms with Gasteiger partial charge in [0.25, 0.3) is 0 Å². The lowest BCUT2D eigenvalue weighted by Crippen LogP contribution is -2.35. The highest BCUT2D eigenvalue weighted by molar-refractivity contribution is 5.30. The van der Waals surface area contributed by atoms with Gasteiger partial charge in [0.1, 0.15) is 0 Å². The topological polar surface area (TPSA) is 30.5 Å². The van der Waals surface area contributed by atoms with E-state index < -0.39 is 0 Å².